The molecule has 2 N–H and O–H groups in total. The summed E-state index contributed by atoms with van der Waals surface area (Å²) in [5, 5.41) is 5.78. The van der Waals surface area contributed by atoms with Gasteiger partial charge in [0.1, 0.15) is 11.5 Å². The third-order valence-electron chi connectivity index (χ3n) is 4.95. The molecule has 166 valence electrons. The van der Waals surface area contributed by atoms with Crippen molar-refractivity contribution < 1.29 is 19.1 Å². The maximum absolute atomic E-state index is 12.5. The minimum absolute atomic E-state index is 0.0545. The van der Waals surface area contributed by atoms with Crippen LogP contribution in [0.3, 0.4) is 0 Å². The Bertz CT molecular complexity index is 1020. The number of carbonyl (C=O) groups is 2. The fourth-order valence-electron chi connectivity index (χ4n) is 3.23. The molecule has 6 heteroatoms. The molecule has 3 aromatic carbocycles. The van der Waals surface area contributed by atoms with Gasteiger partial charge in [-0.25, -0.2) is 0 Å². The third-order valence-corrected chi connectivity index (χ3v) is 4.95. The van der Waals surface area contributed by atoms with Crippen LogP contribution in [-0.4, -0.2) is 31.6 Å². The van der Waals surface area contributed by atoms with E-state index < -0.39 is 0 Å². The van der Waals surface area contributed by atoms with Crippen LogP contribution in [0.15, 0.2) is 78.9 Å². The molecule has 6 nitrogen and oxygen atoms in total. The standard InChI is InChI=1S/C26H28N2O4/c1-19(12-13-20-8-4-3-5-9-20)27-25(29)18-32-22-16-14-21(15-17-22)28-26(30)23-10-6-7-11-24(23)31-2/h3-11,14-17,19H,12-13,18H2,1-2H3,(H,27,29)(H,28,30). The van der Waals surface area contributed by atoms with E-state index in [0.29, 0.717) is 22.7 Å². The molecular weight excluding hydrogens is 404 g/mol. The van der Waals surface area contributed by atoms with E-state index in [2.05, 4.69) is 22.8 Å². The van der Waals surface area contributed by atoms with E-state index in [-0.39, 0.29) is 24.5 Å². The highest BCUT2D eigenvalue weighted by atomic mass is 16.5. The number of aryl methyl sites for hydroxylation is 1. The summed E-state index contributed by atoms with van der Waals surface area (Å²) in [6, 6.07) is 24.1. The average molecular weight is 433 g/mol. The monoisotopic (exact) mass is 432 g/mol. The lowest BCUT2D eigenvalue weighted by molar-refractivity contribution is -0.123. The zero-order valence-corrected chi connectivity index (χ0v) is 18.3. The van der Waals surface area contributed by atoms with Crippen LogP contribution in [-0.2, 0) is 11.2 Å². The highest BCUT2D eigenvalue weighted by Crippen LogP contribution is 2.20. The first-order chi connectivity index (χ1) is 15.5. The van der Waals surface area contributed by atoms with Gasteiger partial charge < -0.3 is 20.1 Å². The first kappa shape index (κ1) is 22.9. The molecule has 0 aliphatic heterocycles. The number of anilines is 1. The molecule has 0 heterocycles. The molecule has 1 unspecified atom stereocenters. The summed E-state index contributed by atoms with van der Waals surface area (Å²) in [5.41, 5.74) is 2.32. The van der Waals surface area contributed by atoms with Crippen LogP contribution in [0.1, 0.15) is 29.3 Å². The number of carbonyl (C=O) groups excluding carboxylic acids is 2. The molecule has 0 aliphatic carbocycles. The number of rotatable bonds is 10. The second kappa shape index (κ2) is 11.6. The third kappa shape index (κ3) is 6.87. The number of benzene rings is 3. The van der Waals surface area contributed by atoms with Crippen molar-refractivity contribution in [2.24, 2.45) is 0 Å². The first-order valence-corrected chi connectivity index (χ1v) is 10.6. The molecule has 1 atom stereocenters. The molecule has 3 aromatic rings. The molecule has 0 radical (unpaired) electrons. The van der Waals surface area contributed by atoms with Crippen molar-refractivity contribution in [1.82, 2.24) is 5.32 Å². The Hall–Kier alpha value is -3.80. The van der Waals surface area contributed by atoms with Crippen molar-refractivity contribution in [3.8, 4) is 11.5 Å². The Morgan fingerprint density at radius 3 is 2.31 bits per heavy atom. The Kier molecular flexibility index (Phi) is 8.26. The number of methoxy groups -OCH3 is 1. The molecule has 0 fully saturated rings. The molecular formula is C26H28N2O4. The molecule has 3 rings (SSSR count). The fourth-order valence-corrected chi connectivity index (χ4v) is 3.23. The second-order valence-corrected chi connectivity index (χ2v) is 7.46. The lowest BCUT2D eigenvalue weighted by Gasteiger charge is -2.14. The van der Waals surface area contributed by atoms with Crippen LogP contribution in [0.2, 0.25) is 0 Å². The van der Waals surface area contributed by atoms with Gasteiger partial charge in [0.15, 0.2) is 6.61 Å². The summed E-state index contributed by atoms with van der Waals surface area (Å²) < 4.78 is 10.8. The number of hydrogen-bond donors (Lipinski definition) is 2. The van der Waals surface area contributed by atoms with Crippen LogP contribution in [0.4, 0.5) is 5.69 Å². The van der Waals surface area contributed by atoms with Gasteiger partial charge in [-0.05, 0) is 61.7 Å². The van der Waals surface area contributed by atoms with Gasteiger partial charge >= 0.3 is 0 Å². The number of amides is 2. The van der Waals surface area contributed by atoms with Crippen LogP contribution in [0, 0.1) is 0 Å². The van der Waals surface area contributed by atoms with Crippen LogP contribution < -0.4 is 20.1 Å². The molecule has 0 aromatic heterocycles. The molecule has 0 aliphatic rings. The second-order valence-electron chi connectivity index (χ2n) is 7.46. The van der Waals surface area contributed by atoms with Crippen LogP contribution >= 0.6 is 0 Å². The Morgan fingerprint density at radius 1 is 0.906 bits per heavy atom. The van der Waals surface area contributed by atoms with Gasteiger partial charge in [-0.15, -0.1) is 0 Å². The first-order valence-electron chi connectivity index (χ1n) is 10.6. The Morgan fingerprint density at radius 2 is 1.59 bits per heavy atom. The normalized spacial score (nSPS) is 11.3. The number of ether oxygens (including phenoxy) is 2. The zero-order valence-electron chi connectivity index (χ0n) is 18.3. The predicted octanol–water partition coefficient (Wildman–Crippen LogP) is 4.46. The van der Waals surface area contributed by atoms with Crippen LogP contribution in [0.25, 0.3) is 0 Å². The van der Waals surface area contributed by atoms with Gasteiger partial charge in [-0.1, -0.05) is 42.5 Å². The maximum atomic E-state index is 12.5. The lowest BCUT2D eigenvalue weighted by atomic mass is 10.1. The van der Waals surface area contributed by atoms with E-state index in [1.54, 1.807) is 42.5 Å². The van der Waals surface area contributed by atoms with Gasteiger partial charge in [0.2, 0.25) is 0 Å². The molecule has 0 saturated heterocycles. The quantitative estimate of drug-likeness (QED) is 0.496. The van der Waals surface area contributed by atoms with Gasteiger partial charge in [0, 0.05) is 11.7 Å². The van der Waals surface area contributed by atoms with Crippen molar-refractivity contribution in [3.63, 3.8) is 0 Å². The van der Waals surface area contributed by atoms with Crippen LogP contribution in [0.5, 0.6) is 11.5 Å². The van der Waals surface area contributed by atoms with Gasteiger partial charge in [0.05, 0.1) is 12.7 Å². The summed E-state index contributed by atoms with van der Waals surface area (Å²) in [7, 11) is 1.53. The number of para-hydroxylation sites is 1. The molecule has 0 saturated carbocycles. The van der Waals surface area contributed by atoms with E-state index in [1.165, 1.54) is 12.7 Å². The minimum Gasteiger partial charge on any atom is -0.496 e. The molecule has 0 spiro atoms. The topological polar surface area (TPSA) is 76.7 Å². The van der Waals surface area contributed by atoms with E-state index >= 15 is 0 Å². The molecule has 2 amide bonds. The molecule has 0 bridgehead atoms. The van der Waals surface area contributed by atoms with Gasteiger partial charge in [0.25, 0.3) is 11.8 Å². The summed E-state index contributed by atoms with van der Waals surface area (Å²) in [5.74, 6) is 0.625. The van der Waals surface area contributed by atoms with E-state index in [9.17, 15) is 9.59 Å². The SMILES string of the molecule is COc1ccccc1C(=O)Nc1ccc(OCC(=O)NC(C)CCc2ccccc2)cc1. The van der Waals surface area contributed by atoms with Crippen molar-refractivity contribution in [2.75, 3.05) is 19.0 Å². The Balaban J connectivity index is 1.43. The smallest absolute Gasteiger partial charge is 0.259 e. The van der Waals surface area contributed by atoms with Gasteiger partial charge in [-0.3, -0.25) is 9.59 Å². The van der Waals surface area contributed by atoms with E-state index in [4.69, 9.17) is 9.47 Å². The summed E-state index contributed by atoms with van der Waals surface area (Å²) in [4.78, 5) is 24.6. The predicted molar refractivity (Wildman–Crippen MR) is 125 cm³/mol. The molecule has 32 heavy (non-hydrogen) atoms. The van der Waals surface area contributed by atoms with Crippen molar-refractivity contribution in [3.05, 3.63) is 90.0 Å². The summed E-state index contributed by atoms with van der Waals surface area (Å²) in [6.45, 7) is 1.92. The summed E-state index contributed by atoms with van der Waals surface area (Å²) >= 11 is 0. The highest BCUT2D eigenvalue weighted by molar-refractivity contribution is 6.06. The highest BCUT2D eigenvalue weighted by Gasteiger charge is 2.12. The van der Waals surface area contributed by atoms with Crippen molar-refractivity contribution in [1.29, 1.82) is 0 Å². The van der Waals surface area contributed by atoms with Crippen molar-refractivity contribution in [2.45, 2.75) is 25.8 Å². The fraction of sp³-hybridized carbons (Fsp3) is 0.231. The Labute approximate surface area is 188 Å². The summed E-state index contributed by atoms with van der Waals surface area (Å²) in [6.07, 6.45) is 1.77. The average Bonchev–Trinajstić information content (AvgIpc) is 2.83. The number of nitrogens with one attached hydrogen (secondary N) is 2. The lowest BCUT2D eigenvalue weighted by Crippen LogP contribution is -2.36. The van der Waals surface area contributed by atoms with Crippen molar-refractivity contribution >= 4 is 17.5 Å². The number of hydrogen-bond acceptors (Lipinski definition) is 4. The minimum atomic E-state index is -0.264. The van der Waals surface area contributed by atoms with E-state index in [1.807, 2.05) is 31.2 Å². The zero-order chi connectivity index (χ0) is 22.8. The van der Waals surface area contributed by atoms with Gasteiger partial charge in [-0.2, -0.15) is 0 Å². The maximum Gasteiger partial charge on any atom is 0.259 e. The van der Waals surface area contributed by atoms with E-state index in [0.717, 1.165) is 12.8 Å². The largest absolute Gasteiger partial charge is 0.496 e.